The van der Waals surface area contributed by atoms with Gasteiger partial charge in [-0.3, -0.25) is 4.79 Å². The van der Waals surface area contributed by atoms with Crippen LogP contribution in [0.15, 0.2) is 42.5 Å². The van der Waals surface area contributed by atoms with Crippen LogP contribution in [0, 0.1) is 12.7 Å². The lowest BCUT2D eigenvalue weighted by molar-refractivity contribution is 0.0516. The number of amides is 1. The van der Waals surface area contributed by atoms with Gasteiger partial charge in [0.05, 0.1) is 25.1 Å². The molecule has 1 aliphatic carbocycles. The molecular formula is C25H24FN3O4. The number of nitrogens with zero attached hydrogens (tertiary/aromatic N) is 3. The summed E-state index contributed by atoms with van der Waals surface area (Å²) >= 11 is 0. The van der Waals surface area contributed by atoms with Crippen LogP contribution in [-0.2, 0) is 10.2 Å². The first kappa shape index (κ1) is 21.2. The molecular weight excluding hydrogens is 425 g/mol. The smallest absolute Gasteiger partial charge is 0.359 e. The number of benzene rings is 2. The Labute approximate surface area is 190 Å². The van der Waals surface area contributed by atoms with Gasteiger partial charge in [-0.25, -0.2) is 13.9 Å². The Balaban J connectivity index is 1.71. The lowest BCUT2D eigenvalue weighted by atomic mass is 9.88. The van der Waals surface area contributed by atoms with Gasteiger partial charge < -0.3 is 14.4 Å². The number of hydrogen-bond acceptors (Lipinski definition) is 5. The van der Waals surface area contributed by atoms with Gasteiger partial charge in [-0.05, 0) is 68.7 Å². The van der Waals surface area contributed by atoms with E-state index >= 15 is 0 Å². The summed E-state index contributed by atoms with van der Waals surface area (Å²) in [5, 5.41) is 4.55. The van der Waals surface area contributed by atoms with Crippen molar-refractivity contribution in [2.45, 2.75) is 32.1 Å². The molecule has 7 nitrogen and oxygen atoms in total. The average Bonchev–Trinajstić information content (AvgIpc) is 3.45. The summed E-state index contributed by atoms with van der Waals surface area (Å²) in [4.78, 5) is 28.1. The lowest BCUT2D eigenvalue weighted by Gasteiger charge is -2.33. The molecule has 0 atom stereocenters. The molecule has 0 radical (unpaired) electrons. The first-order chi connectivity index (χ1) is 15.9. The van der Waals surface area contributed by atoms with Gasteiger partial charge >= 0.3 is 5.97 Å². The molecule has 1 fully saturated rings. The van der Waals surface area contributed by atoms with Gasteiger partial charge in [0, 0.05) is 17.5 Å². The van der Waals surface area contributed by atoms with Crippen molar-refractivity contribution < 1.29 is 23.5 Å². The lowest BCUT2D eigenvalue weighted by Crippen LogP contribution is -2.45. The SMILES string of the molecule is CCOC(=O)c1nn(-c2ccc(OC)cc2)c2c1C1(CC1)CN(c1ccc(C)cc1F)C2=O. The quantitative estimate of drug-likeness (QED) is 0.546. The van der Waals surface area contributed by atoms with Crippen LogP contribution in [0.3, 0.4) is 0 Å². The van der Waals surface area contributed by atoms with Crippen LogP contribution in [0.1, 0.15) is 51.9 Å². The summed E-state index contributed by atoms with van der Waals surface area (Å²) in [5.41, 5.74) is 2.17. The van der Waals surface area contributed by atoms with Crippen molar-refractivity contribution in [3.63, 3.8) is 0 Å². The van der Waals surface area contributed by atoms with Crippen LogP contribution in [0.25, 0.3) is 5.69 Å². The fourth-order valence-electron chi connectivity index (χ4n) is 4.54. The molecule has 1 aromatic heterocycles. The number of anilines is 1. The van der Waals surface area contributed by atoms with Crippen LogP contribution in [0.4, 0.5) is 10.1 Å². The molecule has 0 saturated heterocycles. The zero-order valence-corrected chi connectivity index (χ0v) is 18.7. The summed E-state index contributed by atoms with van der Waals surface area (Å²) in [6.07, 6.45) is 1.55. The van der Waals surface area contributed by atoms with Crippen LogP contribution >= 0.6 is 0 Å². The van der Waals surface area contributed by atoms with E-state index in [2.05, 4.69) is 5.10 Å². The van der Waals surface area contributed by atoms with Gasteiger partial charge in [-0.1, -0.05) is 6.07 Å². The number of aryl methyl sites for hydroxylation is 1. The van der Waals surface area contributed by atoms with Gasteiger partial charge in [0.2, 0.25) is 0 Å². The van der Waals surface area contributed by atoms with Crippen LogP contribution < -0.4 is 9.64 Å². The molecule has 3 aromatic rings. The second-order valence-electron chi connectivity index (χ2n) is 8.53. The third-order valence-corrected chi connectivity index (χ3v) is 6.36. The van der Waals surface area contributed by atoms with Gasteiger partial charge in [-0.15, -0.1) is 0 Å². The molecule has 2 aromatic carbocycles. The van der Waals surface area contributed by atoms with Gasteiger partial charge in [-0.2, -0.15) is 5.10 Å². The van der Waals surface area contributed by atoms with Crippen molar-refractivity contribution in [1.82, 2.24) is 9.78 Å². The molecule has 1 amide bonds. The Kier molecular flexibility index (Phi) is 4.96. The second-order valence-corrected chi connectivity index (χ2v) is 8.53. The monoisotopic (exact) mass is 449 g/mol. The largest absolute Gasteiger partial charge is 0.497 e. The molecule has 2 aliphatic rings. The number of esters is 1. The average molecular weight is 449 g/mol. The third-order valence-electron chi connectivity index (χ3n) is 6.36. The topological polar surface area (TPSA) is 73.7 Å². The molecule has 1 saturated carbocycles. The fraction of sp³-hybridized carbons (Fsp3) is 0.320. The van der Waals surface area contributed by atoms with Gasteiger partial charge in [0.25, 0.3) is 5.91 Å². The Morgan fingerprint density at radius 2 is 1.91 bits per heavy atom. The number of rotatable bonds is 5. The standard InChI is InChI=1S/C25H24FN3O4/c1-4-33-24(31)21-20-22(29(27-21)16-6-8-17(32-3)9-7-16)23(30)28(14-25(20)11-12-25)19-10-5-15(2)13-18(19)26/h5-10,13H,4,11-12,14H2,1-3H3. The van der Waals surface area contributed by atoms with E-state index in [-0.39, 0.29) is 23.7 Å². The van der Waals surface area contributed by atoms with E-state index in [4.69, 9.17) is 9.47 Å². The minimum atomic E-state index is -0.560. The maximum Gasteiger partial charge on any atom is 0.359 e. The molecule has 2 heterocycles. The Bertz CT molecular complexity index is 1260. The number of carbonyl (C=O) groups is 2. The minimum Gasteiger partial charge on any atom is -0.497 e. The van der Waals surface area contributed by atoms with Crippen LogP contribution in [0.5, 0.6) is 5.75 Å². The van der Waals surface area contributed by atoms with E-state index in [9.17, 15) is 14.0 Å². The molecule has 0 bridgehead atoms. The third kappa shape index (κ3) is 3.37. The molecule has 5 rings (SSSR count). The van der Waals surface area contributed by atoms with E-state index in [1.807, 2.05) is 0 Å². The predicted molar refractivity (Wildman–Crippen MR) is 120 cm³/mol. The molecule has 0 unspecified atom stereocenters. The van der Waals surface area contributed by atoms with Crippen molar-refractivity contribution >= 4 is 17.6 Å². The molecule has 1 aliphatic heterocycles. The van der Waals surface area contributed by atoms with Crippen molar-refractivity contribution in [3.05, 3.63) is 70.8 Å². The van der Waals surface area contributed by atoms with E-state index in [1.165, 1.54) is 15.6 Å². The maximum absolute atomic E-state index is 14.9. The van der Waals surface area contributed by atoms with Crippen LogP contribution in [-0.4, -0.2) is 41.9 Å². The zero-order valence-electron chi connectivity index (χ0n) is 18.7. The minimum absolute atomic E-state index is 0.151. The molecule has 33 heavy (non-hydrogen) atoms. The number of methoxy groups -OCH3 is 1. The van der Waals surface area contributed by atoms with Crippen molar-refractivity contribution in [1.29, 1.82) is 0 Å². The number of aromatic nitrogens is 2. The van der Waals surface area contributed by atoms with Crippen molar-refractivity contribution in [2.75, 3.05) is 25.2 Å². The highest BCUT2D eigenvalue weighted by Crippen LogP contribution is 2.54. The Morgan fingerprint density at radius 3 is 2.52 bits per heavy atom. The van der Waals surface area contributed by atoms with Gasteiger partial charge in [0.1, 0.15) is 17.3 Å². The van der Waals surface area contributed by atoms with E-state index in [0.29, 0.717) is 23.5 Å². The highest BCUT2D eigenvalue weighted by atomic mass is 19.1. The van der Waals surface area contributed by atoms with E-state index < -0.39 is 23.1 Å². The number of carbonyl (C=O) groups excluding carboxylic acids is 2. The second kappa shape index (κ2) is 7.72. The molecule has 170 valence electrons. The Hall–Kier alpha value is -3.68. The maximum atomic E-state index is 14.9. The molecule has 1 spiro atoms. The highest BCUT2D eigenvalue weighted by Gasteiger charge is 2.56. The molecule has 0 N–H and O–H groups in total. The molecule has 8 heteroatoms. The number of ether oxygens (including phenoxy) is 2. The highest BCUT2D eigenvalue weighted by molar-refractivity contribution is 6.10. The summed E-state index contributed by atoms with van der Waals surface area (Å²) in [6.45, 7) is 4.02. The first-order valence-corrected chi connectivity index (χ1v) is 10.9. The first-order valence-electron chi connectivity index (χ1n) is 10.9. The van der Waals surface area contributed by atoms with Crippen LogP contribution in [0.2, 0.25) is 0 Å². The van der Waals surface area contributed by atoms with Crippen molar-refractivity contribution in [2.24, 2.45) is 0 Å². The zero-order chi connectivity index (χ0) is 23.3. The van der Waals surface area contributed by atoms with E-state index in [0.717, 1.165) is 18.4 Å². The fourth-order valence-corrected chi connectivity index (χ4v) is 4.54. The van der Waals surface area contributed by atoms with Gasteiger partial charge in [0.15, 0.2) is 5.69 Å². The van der Waals surface area contributed by atoms with E-state index in [1.54, 1.807) is 57.4 Å². The summed E-state index contributed by atoms with van der Waals surface area (Å²) in [5.74, 6) is -0.762. The summed E-state index contributed by atoms with van der Waals surface area (Å²) < 4.78 is 26.9. The number of hydrogen-bond donors (Lipinski definition) is 0. The van der Waals surface area contributed by atoms with Crippen molar-refractivity contribution in [3.8, 4) is 11.4 Å². The summed E-state index contributed by atoms with van der Waals surface area (Å²) in [7, 11) is 1.57. The predicted octanol–water partition coefficient (Wildman–Crippen LogP) is 4.20. The summed E-state index contributed by atoms with van der Waals surface area (Å²) in [6, 6.07) is 11.9. The number of halogens is 1. The number of fused-ring (bicyclic) bond motifs is 2. The Morgan fingerprint density at radius 1 is 1.18 bits per heavy atom. The normalized spacial score (nSPS) is 16.0.